The van der Waals surface area contributed by atoms with Gasteiger partial charge in [-0.05, 0) is 18.9 Å². The Morgan fingerprint density at radius 2 is 1.95 bits per heavy atom. The second kappa shape index (κ2) is 6.24. The number of likely N-dealkylation sites (N-methyl/N-ethyl adjacent to an activating group) is 1. The van der Waals surface area contributed by atoms with Gasteiger partial charge in [0, 0.05) is 31.5 Å². The quantitative estimate of drug-likeness (QED) is 0.788. The van der Waals surface area contributed by atoms with Crippen LogP contribution in [0.3, 0.4) is 0 Å². The number of halogens is 1. The van der Waals surface area contributed by atoms with Crippen molar-refractivity contribution < 1.29 is 0 Å². The molecule has 0 amide bonds. The Labute approximate surface area is 123 Å². The van der Waals surface area contributed by atoms with E-state index in [0.717, 1.165) is 24.0 Å². The predicted octanol–water partition coefficient (Wildman–Crippen LogP) is 3.30. The van der Waals surface area contributed by atoms with E-state index in [-0.39, 0.29) is 0 Å². The van der Waals surface area contributed by atoms with Gasteiger partial charge in [0.05, 0.1) is 5.69 Å². The zero-order valence-electron chi connectivity index (χ0n) is 11.7. The minimum absolute atomic E-state index is 0.845. The lowest BCUT2D eigenvalue weighted by molar-refractivity contribution is 0.723. The SMILES string of the molecule is Cc1nn(C)c(N(C)CCc2ccccc2)c1CBr. The first-order chi connectivity index (χ1) is 9.13. The van der Waals surface area contributed by atoms with Gasteiger partial charge < -0.3 is 4.90 Å². The molecule has 4 heteroatoms. The third-order valence-corrected chi connectivity index (χ3v) is 3.95. The Morgan fingerprint density at radius 1 is 1.26 bits per heavy atom. The zero-order valence-corrected chi connectivity index (χ0v) is 13.3. The topological polar surface area (TPSA) is 21.1 Å². The van der Waals surface area contributed by atoms with E-state index in [1.807, 2.05) is 11.7 Å². The summed E-state index contributed by atoms with van der Waals surface area (Å²) in [5.74, 6) is 1.20. The number of rotatable bonds is 5. The molecular formula is C15H20BrN3. The molecule has 3 nitrogen and oxygen atoms in total. The van der Waals surface area contributed by atoms with E-state index in [1.165, 1.54) is 16.9 Å². The van der Waals surface area contributed by atoms with Gasteiger partial charge in [0.25, 0.3) is 0 Å². The van der Waals surface area contributed by atoms with Crippen LogP contribution < -0.4 is 4.90 Å². The molecule has 0 saturated heterocycles. The highest BCUT2D eigenvalue weighted by molar-refractivity contribution is 9.08. The average molecular weight is 322 g/mol. The summed E-state index contributed by atoms with van der Waals surface area (Å²) in [4.78, 5) is 2.28. The summed E-state index contributed by atoms with van der Waals surface area (Å²) in [6.45, 7) is 3.05. The van der Waals surface area contributed by atoms with E-state index < -0.39 is 0 Å². The first kappa shape index (κ1) is 14.1. The van der Waals surface area contributed by atoms with Crippen molar-refractivity contribution in [1.29, 1.82) is 0 Å². The van der Waals surface area contributed by atoms with Gasteiger partial charge in [-0.3, -0.25) is 4.68 Å². The highest BCUT2D eigenvalue weighted by Gasteiger charge is 2.15. The molecule has 0 aliphatic carbocycles. The fraction of sp³-hybridized carbons (Fsp3) is 0.400. The number of hydrogen-bond acceptors (Lipinski definition) is 2. The van der Waals surface area contributed by atoms with Crippen LogP contribution >= 0.6 is 15.9 Å². The van der Waals surface area contributed by atoms with Gasteiger partial charge in [0.1, 0.15) is 5.82 Å². The van der Waals surface area contributed by atoms with Crippen LogP contribution in [0.4, 0.5) is 5.82 Å². The maximum atomic E-state index is 4.50. The fourth-order valence-corrected chi connectivity index (χ4v) is 3.03. The van der Waals surface area contributed by atoms with Crippen molar-refractivity contribution in [2.75, 3.05) is 18.5 Å². The largest absolute Gasteiger partial charge is 0.359 e. The van der Waals surface area contributed by atoms with Crippen LogP contribution in [0.25, 0.3) is 0 Å². The van der Waals surface area contributed by atoms with E-state index >= 15 is 0 Å². The molecule has 0 atom stereocenters. The molecule has 102 valence electrons. The van der Waals surface area contributed by atoms with Gasteiger partial charge in [0.15, 0.2) is 0 Å². The van der Waals surface area contributed by atoms with Crippen LogP contribution in [-0.4, -0.2) is 23.4 Å². The standard InChI is InChI=1S/C15H20BrN3/c1-12-14(11-16)15(19(3)17-12)18(2)10-9-13-7-5-4-6-8-13/h4-8H,9-11H2,1-3H3. The van der Waals surface area contributed by atoms with Crippen LogP contribution in [0.1, 0.15) is 16.8 Å². The summed E-state index contributed by atoms with van der Waals surface area (Å²) in [6.07, 6.45) is 1.04. The highest BCUT2D eigenvalue weighted by Crippen LogP contribution is 2.24. The van der Waals surface area contributed by atoms with E-state index in [2.05, 4.69) is 70.2 Å². The van der Waals surface area contributed by atoms with Crippen molar-refractivity contribution in [2.24, 2.45) is 7.05 Å². The second-order valence-electron chi connectivity index (χ2n) is 4.80. The maximum absolute atomic E-state index is 4.50. The van der Waals surface area contributed by atoms with Gasteiger partial charge in [-0.25, -0.2) is 0 Å². The number of hydrogen-bond donors (Lipinski definition) is 0. The molecule has 0 aliphatic rings. The molecule has 1 aromatic carbocycles. The predicted molar refractivity (Wildman–Crippen MR) is 84.0 cm³/mol. The summed E-state index contributed by atoms with van der Waals surface area (Å²) in [5, 5.41) is 5.35. The van der Waals surface area contributed by atoms with Gasteiger partial charge in [-0.1, -0.05) is 46.3 Å². The van der Waals surface area contributed by atoms with E-state index in [1.54, 1.807) is 0 Å². The van der Waals surface area contributed by atoms with Crippen molar-refractivity contribution in [3.63, 3.8) is 0 Å². The molecule has 0 radical (unpaired) electrons. The summed E-state index contributed by atoms with van der Waals surface area (Å²) < 4.78 is 1.97. The minimum atomic E-state index is 0.845. The average Bonchev–Trinajstić information content (AvgIpc) is 2.71. The smallest absolute Gasteiger partial charge is 0.130 e. The number of benzene rings is 1. The van der Waals surface area contributed by atoms with Crippen molar-refractivity contribution in [1.82, 2.24) is 9.78 Å². The molecule has 0 fully saturated rings. The van der Waals surface area contributed by atoms with Gasteiger partial charge >= 0.3 is 0 Å². The van der Waals surface area contributed by atoms with Crippen molar-refractivity contribution >= 4 is 21.7 Å². The highest BCUT2D eigenvalue weighted by atomic mass is 79.9. The van der Waals surface area contributed by atoms with Crippen molar-refractivity contribution in [2.45, 2.75) is 18.7 Å². The molecule has 0 unspecified atom stereocenters. The molecule has 19 heavy (non-hydrogen) atoms. The van der Waals surface area contributed by atoms with Gasteiger partial charge in [-0.2, -0.15) is 5.10 Å². The van der Waals surface area contributed by atoms with Gasteiger partial charge in [-0.15, -0.1) is 0 Å². The molecular weight excluding hydrogens is 302 g/mol. The van der Waals surface area contributed by atoms with E-state index in [9.17, 15) is 0 Å². The van der Waals surface area contributed by atoms with Gasteiger partial charge in [0.2, 0.25) is 0 Å². The van der Waals surface area contributed by atoms with Crippen LogP contribution in [0.5, 0.6) is 0 Å². The lowest BCUT2D eigenvalue weighted by Gasteiger charge is -2.20. The third kappa shape index (κ3) is 3.18. The Kier molecular flexibility index (Phi) is 4.64. The lowest BCUT2D eigenvalue weighted by atomic mass is 10.1. The lowest BCUT2D eigenvalue weighted by Crippen LogP contribution is -2.23. The Balaban J connectivity index is 2.10. The molecule has 1 heterocycles. The molecule has 0 spiro atoms. The van der Waals surface area contributed by atoms with Crippen LogP contribution in [0.15, 0.2) is 30.3 Å². The summed E-state index contributed by atoms with van der Waals surface area (Å²) in [5.41, 5.74) is 3.74. The summed E-state index contributed by atoms with van der Waals surface area (Å²) in [6, 6.07) is 10.6. The van der Waals surface area contributed by atoms with E-state index in [4.69, 9.17) is 0 Å². The zero-order chi connectivity index (χ0) is 13.8. The molecule has 2 aromatic rings. The number of alkyl halides is 1. The van der Waals surface area contributed by atoms with Crippen LogP contribution in [0.2, 0.25) is 0 Å². The first-order valence-corrected chi connectivity index (χ1v) is 7.59. The maximum Gasteiger partial charge on any atom is 0.130 e. The number of anilines is 1. The summed E-state index contributed by atoms with van der Waals surface area (Å²) >= 11 is 3.56. The Hall–Kier alpha value is -1.29. The monoisotopic (exact) mass is 321 g/mol. The fourth-order valence-electron chi connectivity index (χ4n) is 2.37. The van der Waals surface area contributed by atoms with Crippen molar-refractivity contribution in [3.05, 3.63) is 47.2 Å². The Morgan fingerprint density at radius 3 is 2.58 bits per heavy atom. The normalized spacial score (nSPS) is 10.7. The van der Waals surface area contributed by atoms with E-state index in [0.29, 0.717) is 0 Å². The minimum Gasteiger partial charge on any atom is -0.359 e. The molecule has 0 bridgehead atoms. The number of aromatic nitrogens is 2. The van der Waals surface area contributed by atoms with Crippen LogP contribution in [0, 0.1) is 6.92 Å². The molecule has 0 N–H and O–H groups in total. The number of aryl methyl sites for hydroxylation is 2. The van der Waals surface area contributed by atoms with Crippen LogP contribution in [-0.2, 0) is 18.8 Å². The Bertz CT molecular complexity index is 534. The molecule has 2 rings (SSSR count). The molecule has 0 aliphatic heterocycles. The third-order valence-electron chi connectivity index (χ3n) is 3.39. The molecule has 1 aromatic heterocycles. The molecule has 0 saturated carbocycles. The number of nitrogens with zero attached hydrogens (tertiary/aromatic N) is 3. The summed E-state index contributed by atoms with van der Waals surface area (Å²) in [7, 11) is 4.14. The van der Waals surface area contributed by atoms with Crippen molar-refractivity contribution in [3.8, 4) is 0 Å². The first-order valence-electron chi connectivity index (χ1n) is 6.47. The second-order valence-corrected chi connectivity index (χ2v) is 5.36.